The van der Waals surface area contributed by atoms with Crippen molar-refractivity contribution >= 4 is 27.5 Å². The first-order chi connectivity index (χ1) is 9.19. The van der Waals surface area contributed by atoms with Crippen LogP contribution in [-0.2, 0) is 6.42 Å². The van der Waals surface area contributed by atoms with E-state index in [9.17, 15) is 4.79 Å². The molecule has 1 N–H and O–H groups in total. The zero-order chi connectivity index (χ0) is 13.7. The molecular formula is C15H11BrN2O. The predicted molar refractivity (Wildman–Crippen MR) is 77.9 cm³/mol. The van der Waals surface area contributed by atoms with Gasteiger partial charge >= 0.3 is 0 Å². The molecule has 0 radical (unpaired) electrons. The summed E-state index contributed by atoms with van der Waals surface area (Å²) in [5.41, 5.74) is 2.11. The van der Waals surface area contributed by atoms with E-state index in [1.54, 1.807) is 18.2 Å². The molecule has 2 aromatic carbocycles. The quantitative estimate of drug-likeness (QED) is 0.937. The number of anilines is 1. The highest BCUT2D eigenvalue weighted by Gasteiger charge is 2.06. The summed E-state index contributed by atoms with van der Waals surface area (Å²) in [6.45, 7) is 0. The van der Waals surface area contributed by atoms with Crippen molar-refractivity contribution in [2.24, 2.45) is 0 Å². The van der Waals surface area contributed by atoms with E-state index in [2.05, 4.69) is 27.3 Å². The highest BCUT2D eigenvalue weighted by atomic mass is 79.9. The second-order valence-corrected chi connectivity index (χ2v) is 4.92. The highest BCUT2D eigenvalue weighted by Crippen LogP contribution is 2.16. The number of hydrogen-bond acceptors (Lipinski definition) is 2. The average molecular weight is 315 g/mol. The molecule has 1 amide bonds. The summed E-state index contributed by atoms with van der Waals surface area (Å²) < 4.78 is 0.906. The van der Waals surface area contributed by atoms with Gasteiger partial charge in [0.25, 0.3) is 5.91 Å². The van der Waals surface area contributed by atoms with Gasteiger partial charge < -0.3 is 5.32 Å². The SMILES string of the molecule is N#CCc1cccc(C(=O)Nc2cccc(Br)c2)c1. The lowest BCUT2D eigenvalue weighted by atomic mass is 10.1. The third-order valence-corrected chi connectivity index (χ3v) is 3.05. The van der Waals surface area contributed by atoms with Crippen LogP contribution in [0, 0.1) is 11.3 Å². The van der Waals surface area contributed by atoms with Crippen molar-refractivity contribution in [2.75, 3.05) is 5.32 Å². The van der Waals surface area contributed by atoms with Crippen LogP contribution in [0.5, 0.6) is 0 Å². The van der Waals surface area contributed by atoms with Gasteiger partial charge in [0.05, 0.1) is 12.5 Å². The fourth-order valence-corrected chi connectivity index (χ4v) is 2.08. The molecule has 0 aromatic heterocycles. The Labute approximate surface area is 120 Å². The first-order valence-electron chi connectivity index (χ1n) is 5.72. The van der Waals surface area contributed by atoms with Crippen LogP contribution in [0.1, 0.15) is 15.9 Å². The number of amides is 1. The van der Waals surface area contributed by atoms with Gasteiger partial charge in [0.15, 0.2) is 0 Å². The number of benzene rings is 2. The van der Waals surface area contributed by atoms with Crippen molar-refractivity contribution in [3.63, 3.8) is 0 Å². The number of carbonyl (C=O) groups excluding carboxylic acids is 1. The molecule has 2 rings (SSSR count). The topological polar surface area (TPSA) is 52.9 Å². The normalized spacial score (nSPS) is 9.68. The average Bonchev–Trinajstić information content (AvgIpc) is 2.39. The van der Waals surface area contributed by atoms with E-state index in [0.717, 1.165) is 15.7 Å². The third-order valence-electron chi connectivity index (χ3n) is 2.55. The van der Waals surface area contributed by atoms with Crippen molar-refractivity contribution in [1.82, 2.24) is 0 Å². The van der Waals surface area contributed by atoms with E-state index in [1.165, 1.54) is 0 Å². The smallest absolute Gasteiger partial charge is 0.255 e. The van der Waals surface area contributed by atoms with Crippen molar-refractivity contribution in [1.29, 1.82) is 5.26 Å². The second-order valence-electron chi connectivity index (χ2n) is 4.00. The van der Waals surface area contributed by atoms with Crippen LogP contribution >= 0.6 is 15.9 Å². The number of nitrogens with zero attached hydrogens (tertiary/aromatic N) is 1. The van der Waals surface area contributed by atoms with E-state index in [-0.39, 0.29) is 5.91 Å². The second kappa shape index (κ2) is 6.17. The molecule has 94 valence electrons. The van der Waals surface area contributed by atoms with Gasteiger partial charge in [-0.3, -0.25) is 4.79 Å². The Bertz CT molecular complexity index is 647. The monoisotopic (exact) mass is 314 g/mol. The number of rotatable bonds is 3. The van der Waals surface area contributed by atoms with Crippen LogP contribution in [0.3, 0.4) is 0 Å². The molecule has 4 heteroatoms. The van der Waals surface area contributed by atoms with Gasteiger partial charge in [-0.05, 0) is 35.9 Å². The molecule has 0 unspecified atom stereocenters. The number of nitriles is 1. The summed E-state index contributed by atoms with van der Waals surface area (Å²) in [7, 11) is 0. The molecule has 0 spiro atoms. The summed E-state index contributed by atoms with van der Waals surface area (Å²) in [6.07, 6.45) is 0.304. The number of carbonyl (C=O) groups is 1. The first kappa shape index (κ1) is 13.3. The van der Waals surface area contributed by atoms with Gasteiger partial charge in [-0.15, -0.1) is 0 Å². The van der Waals surface area contributed by atoms with Crippen molar-refractivity contribution < 1.29 is 4.79 Å². The largest absolute Gasteiger partial charge is 0.322 e. The molecule has 0 atom stereocenters. The Kier molecular flexibility index (Phi) is 4.32. The molecule has 0 heterocycles. The third kappa shape index (κ3) is 3.67. The van der Waals surface area contributed by atoms with Crippen LogP contribution in [-0.4, -0.2) is 5.91 Å². The summed E-state index contributed by atoms with van der Waals surface area (Å²) in [5, 5.41) is 11.5. The molecule has 2 aromatic rings. The fraction of sp³-hybridized carbons (Fsp3) is 0.0667. The maximum Gasteiger partial charge on any atom is 0.255 e. The zero-order valence-corrected chi connectivity index (χ0v) is 11.6. The Hall–Kier alpha value is -2.12. The van der Waals surface area contributed by atoms with Gasteiger partial charge in [0, 0.05) is 15.7 Å². The minimum atomic E-state index is -0.183. The van der Waals surface area contributed by atoms with E-state index in [4.69, 9.17) is 5.26 Å². The summed E-state index contributed by atoms with van der Waals surface area (Å²) >= 11 is 3.35. The van der Waals surface area contributed by atoms with Gasteiger partial charge in [0.2, 0.25) is 0 Å². The minimum Gasteiger partial charge on any atom is -0.322 e. The lowest BCUT2D eigenvalue weighted by Crippen LogP contribution is -2.12. The molecular weight excluding hydrogens is 304 g/mol. The van der Waals surface area contributed by atoms with Crippen molar-refractivity contribution in [2.45, 2.75) is 6.42 Å². The Morgan fingerprint density at radius 2 is 2.00 bits per heavy atom. The van der Waals surface area contributed by atoms with Gasteiger partial charge in [-0.25, -0.2) is 0 Å². The Morgan fingerprint density at radius 3 is 2.74 bits per heavy atom. The van der Waals surface area contributed by atoms with Crippen LogP contribution in [0.2, 0.25) is 0 Å². The van der Waals surface area contributed by atoms with Crippen molar-refractivity contribution in [3.05, 3.63) is 64.1 Å². The lowest BCUT2D eigenvalue weighted by Gasteiger charge is -2.06. The van der Waals surface area contributed by atoms with Crippen molar-refractivity contribution in [3.8, 4) is 6.07 Å². The Balaban J connectivity index is 2.16. The van der Waals surface area contributed by atoms with Crippen LogP contribution in [0.15, 0.2) is 53.0 Å². The molecule has 0 aliphatic carbocycles. The molecule has 0 aliphatic heterocycles. The number of nitrogens with one attached hydrogen (secondary N) is 1. The lowest BCUT2D eigenvalue weighted by molar-refractivity contribution is 0.102. The maximum atomic E-state index is 12.1. The predicted octanol–water partition coefficient (Wildman–Crippen LogP) is 3.77. The Morgan fingerprint density at radius 1 is 1.21 bits per heavy atom. The zero-order valence-electron chi connectivity index (χ0n) is 10.1. The fourth-order valence-electron chi connectivity index (χ4n) is 1.68. The van der Waals surface area contributed by atoms with E-state index < -0.39 is 0 Å². The summed E-state index contributed by atoms with van der Waals surface area (Å²) in [4.78, 5) is 12.1. The van der Waals surface area contributed by atoms with E-state index in [0.29, 0.717) is 12.0 Å². The highest BCUT2D eigenvalue weighted by molar-refractivity contribution is 9.10. The molecule has 3 nitrogen and oxygen atoms in total. The van der Waals surface area contributed by atoms with E-state index in [1.807, 2.05) is 30.3 Å². The molecule has 0 saturated carbocycles. The van der Waals surface area contributed by atoms with Crippen LogP contribution < -0.4 is 5.32 Å². The molecule has 0 bridgehead atoms. The summed E-state index contributed by atoms with van der Waals surface area (Å²) in [6, 6.07) is 16.5. The number of hydrogen-bond donors (Lipinski definition) is 1. The molecule has 0 saturated heterocycles. The van der Waals surface area contributed by atoms with Crippen LogP contribution in [0.25, 0.3) is 0 Å². The first-order valence-corrected chi connectivity index (χ1v) is 6.51. The van der Waals surface area contributed by atoms with Gasteiger partial charge in [0.1, 0.15) is 0 Å². The molecule has 0 aliphatic rings. The summed E-state index contributed by atoms with van der Waals surface area (Å²) in [5.74, 6) is -0.183. The molecule has 0 fully saturated rings. The minimum absolute atomic E-state index is 0.183. The van der Waals surface area contributed by atoms with Gasteiger partial charge in [-0.1, -0.05) is 34.1 Å². The standard InChI is InChI=1S/C15H11BrN2O/c16-13-5-2-6-14(10-13)18-15(19)12-4-1-3-11(9-12)7-8-17/h1-6,9-10H,7H2,(H,18,19). The molecule has 19 heavy (non-hydrogen) atoms. The maximum absolute atomic E-state index is 12.1. The van der Waals surface area contributed by atoms with Crippen LogP contribution in [0.4, 0.5) is 5.69 Å². The number of halogens is 1. The van der Waals surface area contributed by atoms with E-state index >= 15 is 0 Å². The van der Waals surface area contributed by atoms with Gasteiger partial charge in [-0.2, -0.15) is 5.26 Å².